The molecular formula is C78H145N2O21P. The smallest absolute Gasteiger partial charge is 0.462 e. The van der Waals surface area contributed by atoms with Gasteiger partial charge in [-0.05, 0) is 57.8 Å². The molecule has 0 aromatic rings. The van der Waals surface area contributed by atoms with Crippen LogP contribution < -0.4 is 10.6 Å². The molecule has 2 saturated heterocycles. The number of phosphoric ester groups is 1. The first-order valence-electron chi connectivity index (χ1n) is 40.9. The van der Waals surface area contributed by atoms with Crippen LogP contribution in [0, 0.1) is 0 Å². The zero-order valence-corrected chi connectivity index (χ0v) is 65.1. The van der Waals surface area contributed by atoms with Crippen molar-refractivity contribution in [3.63, 3.8) is 0 Å². The van der Waals surface area contributed by atoms with Crippen LogP contribution in [0.3, 0.4) is 0 Å². The number of carbonyl (C=O) groups is 6. The second kappa shape index (κ2) is 60.6. The third kappa shape index (κ3) is 46.0. The van der Waals surface area contributed by atoms with Crippen LogP contribution in [-0.4, -0.2) is 159 Å². The maximum atomic E-state index is 14.8. The molecule has 2 aliphatic heterocycles. The van der Waals surface area contributed by atoms with Gasteiger partial charge in [-0.25, -0.2) is 4.57 Å². The SMILES string of the molecule is CCCCCCCCCCC[C@H](CC(=O)N[C@H]1[C@H](OC[C@H]2OC(O)[C@H](NC(=O)C[C@@H](CCCCCCCCCCC)OC(=O)CCCCCCC)[C@@H](O)[C@@H]2O)O[C@H](CO)[C@@H](OP(=O)(O)O)[C@@H]1OC(=O)C[C@@H](CCCCCCCCCCC)OC(=O)CCCCCCC)OC(=O)CCCCCCC. The second-order valence-corrected chi connectivity index (χ2v) is 30.3. The highest BCUT2D eigenvalue weighted by atomic mass is 31.2. The average molecular weight is 1480 g/mol. The molecule has 24 heteroatoms. The van der Waals surface area contributed by atoms with Crippen LogP contribution in [0.1, 0.15) is 369 Å². The lowest BCUT2D eigenvalue weighted by Gasteiger charge is -2.46. The fourth-order valence-corrected chi connectivity index (χ4v) is 14.1. The van der Waals surface area contributed by atoms with Gasteiger partial charge >= 0.3 is 31.7 Å². The van der Waals surface area contributed by atoms with E-state index < -0.39 is 149 Å². The molecule has 2 aliphatic rings. The normalized spacial score (nSPS) is 21.6. The number of ether oxygens (including phenoxy) is 7. The Kier molecular flexibility index (Phi) is 56.3. The van der Waals surface area contributed by atoms with Crippen LogP contribution in [0.15, 0.2) is 0 Å². The van der Waals surface area contributed by atoms with E-state index in [9.17, 15) is 63.5 Å². The molecule has 8 N–H and O–H groups in total. The summed E-state index contributed by atoms with van der Waals surface area (Å²) in [5.41, 5.74) is 0. The number of hydrogen-bond donors (Lipinski definition) is 8. The zero-order valence-electron chi connectivity index (χ0n) is 64.2. The van der Waals surface area contributed by atoms with Gasteiger partial charge in [-0.2, -0.15) is 0 Å². The standard InChI is InChI=1S/C78H145N2O21P/c1-7-13-19-25-28-31-34-40-43-49-60(95-67(84)52-46-37-22-16-10-4)55-65(82)79-71-74(89)73(88)64(98-77(71)90)59-94-78-72(80-66(83)56-61(96-68(85)53-47-38-23-17-11-5)50-44-41-35-32-29-26-20-14-8-2)76(75(63(58-81)99-78)101-102(91,92)93)100-70(87)57-62(97-69(86)54-48-39-24-18-12-6)51-45-42-36-33-30-27-21-15-9-3/h60-64,71-78,81,88-90H,7-59H2,1-6H3,(H,79,82)(H,80,83)(H2,91,92,93)/t60-,61-,62-,63-,64-,71-,72-,73-,74-,75-,76-,77?,78-/m1/s1. The number of aliphatic hydroxyl groups is 4. The summed E-state index contributed by atoms with van der Waals surface area (Å²) in [6.07, 6.45) is 23.8. The summed E-state index contributed by atoms with van der Waals surface area (Å²) in [7, 11) is -5.56. The zero-order chi connectivity index (χ0) is 75.0. The van der Waals surface area contributed by atoms with Crippen LogP contribution in [0.2, 0.25) is 0 Å². The van der Waals surface area contributed by atoms with Crippen molar-refractivity contribution in [2.75, 3.05) is 13.2 Å². The molecular weight excluding hydrogens is 1330 g/mol. The minimum atomic E-state index is -5.56. The molecule has 0 bridgehead atoms. The number of esters is 4. The lowest BCUT2D eigenvalue weighted by molar-refractivity contribution is -0.297. The average Bonchev–Trinajstić information content (AvgIpc) is 0.888. The second-order valence-electron chi connectivity index (χ2n) is 29.1. The molecule has 0 saturated carbocycles. The fraction of sp³-hybridized carbons (Fsp3) is 0.923. The molecule has 0 aliphatic carbocycles. The van der Waals surface area contributed by atoms with E-state index in [4.69, 9.17) is 37.7 Å². The number of carbonyl (C=O) groups excluding carboxylic acids is 6. The van der Waals surface area contributed by atoms with Crippen molar-refractivity contribution in [1.29, 1.82) is 0 Å². The van der Waals surface area contributed by atoms with Crippen LogP contribution in [0.5, 0.6) is 0 Å². The Labute approximate surface area is 614 Å². The van der Waals surface area contributed by atoms with Crippen molar-refractivity contribution < 1.29 is 101 Å². The minimum Gasteiger partial charge on any atom is -0.462 e. The minimum absolute atomic E-state index is 0.117. The van der Waals surface area contributed by atoms with Gasteiger partial charge in [0.1, 0.15) is 60.9 Å². The molecule has 0 radical (unpaired) electrons. The Hall–Kier alpha value is -3.35. The molecule has 598 valence electrons. The Morgan fingerprint density at radius 2 is 0.716 bits per heavy atom. The van der Waals surface area contributed by atoms with E-state index in [1.165, 1.54) is 51.4 Å². The van der Waals surface area contributed by atoms with Gasteiger partial charge in [0.15, 0.2) is 18.7 Å². The highest BCUT2D eigenvalue weighted by Crippen LogP contribution is 2.43. The summed E-state index contributed by atoms with van der Waals surface area (Å²) < 4.78 is 60.5. The van der Waals surface area contributed by atoms with Gasteiger partial charge in [-0.3, -0.25) is 33.3 Å². The van der Waals surface area contributed by atoms with Crippen molar-refractivity contribution >= 4 is 43.5 Å². The van der Waals surface area contributed by atoms with Crippen LogP contribution in [-0.2, 0) is 71.0 Å². The van der Waals surface area contributed by atoms with Gasteiger partial charge in [0, 0.05) is 19.3 Å². The monoisotopic (exact) mass is 1480 g/mol. The molecule has 13 atom stereocenters. The molecule has 0 aromatic carbocycles. The maximum absolute atomic E-state index is 14.8. The number of nitrogens with one attached hydrogen (secondary N) is 2. The van der Waals surface area contributed by atoms with Gasteiger partial charge in [0.25, 0.3) is 0 Å². The highest BCUT2D eigenvalue weighted by Gasteiger charge is 2.53. The summed E-state index contributed by atoms with van der Waals surface area (Å²) in [5, 5.41) is 51.1. The van der Waals surface area contributed by atoms with Crippen molar-refractivity contribution in [2.45, 2.75) is 449 Å². The lowest BCUT2D eigenvalue weighted by Crippen LogP contribution is -2.67. The predicted molar refractivity (Wildman–Crippen MR) is 394 cm³/mol. The van der Waals surface area contributed by atoms with Crippen molar-refractivity contribution in [1.82, 2.24) is 10.6 Å². The lowest BCUT2D eigenvalue weighted by atomic mass is 9.95. The molecule has 2 fully saturated rings. The van der Waals surface area contributed by atoms with E-state index in [0.29, 0.717) is 51.4 Å². The Bertz CT molecular complexity index is 2190. The van der Waals surface area contributed by atoms with Crippen LogP contribution >= 0.6 is 7.82 Å². The summed E-state index contributed by atoms with van der Waals surface area (Å²) >= 11 is 0. The van der Waals surface area contributed by atoms with E-state index in [0.717, 1.165) is 180 Å². The molecule has 102 heavy (non-hydrogen) atoms. The fourth-order valence-electron chi connectivity index (χ4n) is 13.5. The Morgan fingerprint density at radius 3 is 1.06 bits per heavy atom. The number of hydrogen-bond acceptors (Lipinski definition) is 19. The van der Waals surface area contributed by atoms with Crippen molar-refractivity contribution in [3.05, 3.63) is 0 Å². The molecule has 0 spiro atoms. The van der Waals surface area contributed by atoms with E-state index in [-0.39, 0.29) is 32.1 Å². The molecule has 0 aromatic heterocycles. The topological polar surface area (TPSA) is 339 Å². The van der Waals surface area contributed by atoms with E-state index in [2.05, 4.69) is 52.2 Å². The number of rotatable bonds is 66. The summed E-state index contributed by atoms with van der Waals surface area (Å²) in [6.45, 7) is 11.0. The third-order valence-corrected chi connectivity index (χ3v) is 20.1. The first kappa shape index (κ1) is 94.7. The van der Waals surface area contributed by atoms with Crippen molar-refractivity contribution in [3.8, 4) is 0 Å². The predicted octanol–water partition coefficient (Wildman–Crippen LogP) is 15.3. The van der Waals surface area contributed by atoms with Gasteiger partial charge in [0.2, 0.25) is 11.8 Å². The summed E-state index contributed by atoms with van der Waals surface area (Å²) in [6, 6.07) is -3.36. The molecule has 2 rings (SSSR count). The van der Waals surface area contributed by atoms with Crippen molar-refractivity contribution in [2.24, 2.45) is 0 Å². The Morgan fingerprint density at radius 1 is 0.392 bits per heavy atom. The van der Waals surface area contributed by atoms with E-state index >= 15 is 0 Å². The van der Waals surface area contributed by atoms with E-state index in [1.807, 2.05) is 0 Å². The van der Waals surface area contributed by atoms with Gasteiger partial charge in [-0.1, -0.05) is 273 Å². The van der Waals surface area contributed by atoms with Gasteiger partial charge in [0.05, 0.1) is 32.5 Å². The first-order valence-corrected chi connectivity index (χ1v) is 42.4. The van der Waals surface area contributed by atoms with Crippen LogP contribution in [0.25, 0.3) is 0 Å². The maximum Gasteiger partial charge on any atom is 0.470 e. The first-order chi connectivity index (χ1) is 49.2. The number of unbranched alkanes of at least 4 members (excludes halogenated alkanes) is 36. The van der Waals surface area contributed by atoms with Gasteiger partial charge < -0.3 is 74.0 Å². The van der Waals surface area contributed by atoms with E-state index in [1.54, 1.807) is 0 Å². The summed E-state index contributed by atoms with van der Waals surface area (Å²) in [4.78, 5) is 104. The molecule has 1 unspecified atom stereocenters. The van der Waals surface area contributed by atoms with Crippen LogP contribution in [0.4, 0.5) is 0 Å². The number of amides is 2. The largest absolute Gasteiger partial charge is 0.470 e. The molecule has 2 heterocycles. The summed E-state index contributed by atoms with van der Waals surface area (Å²) in [5.74, 6) is -3.92. The Balaban J connectivity index is 2.58. The molecule has 23 nitrogen and oxygen atoms in total. The molecule has 2 amide bonds. The third-order valence-electron chi connectivity index (χ3n) is 19.6. The number of phosphoric acid groups is 1. The van der Waals surface area contributed by atoms with Gasteiger partial charge in [-0.15, -0.1) is 0 Å². The quantitative estimate of drug-likeness (QED) is 0.0121. The number of aliphatic hydroxyl groups excluding tert-OH is 4. The highest BCUT2D eigenvalue weighted by molar-refractivity contribution is 7.46.